The second-order valence-electron chi connectivity index (χ2n) is 6.78. The highest BCUT2D eigenvalue weighted by Gasteiger charge is 2.60. The van der Waals surface area contributed by atoms with Crippen LogP contribution in [0.3, 0.4) is 0 Å². The molecule has 0 fully saturated rings. The number of hydrogen-bond donors (Lipinski definition) is 1. The minimum atomic E-state index is -5.96. The minimum absolute atomic E-state index is 0.153. The Morgan fingerprint density at radius 2 is 1.85 bits per heavy atom. The number of nitrogens with zero attached hydrogens (tertiary/aromatic N) is 4. The second kappa shape index (κ2) is 8.75. The fraction of sp³-hybridized carbons (Fsp3) is 0.278. The van der Waals surface area contributed by atoms with Crippen molar-refractivity contribution in [2.75, 3.05) is 11.9 Å². The van der Waals surface area contributed by atoms with Crippen molar-refractivity contribution >= 4 is 22.9 Å². The number of amides is 1. The van der Waals surface area contributed by atoms with Crippen molar-refractivity contribution in [2.24, 2.45) is 0 Å². The molecule has 0 spiro atoms. The van der Waals surface area contributed by atoms with Crippen LogP contribution in [0.5, 0.6) is 5.75 Å². The molecule has 1 N–H and O–H groups in total. The Morgan fingerprint density at radius 3 is 2.44 bits per heavy atom. The summed E-state index contributed by atoms with van der Waals surface area (Å²) >= 11 is 0. The van der Waals surface area contributed by atoms with Crippen LogP contribution in [0.1, 0.15) is 21.9 Å². The van der Waals surface area contributed by atoms with Crippen LogP contribution in [-0.2, 0) is 5.92 Å². The summed E-state index contributed by atoms with van der Waals surface area (Å²) in [6.07, 6.45) is -8.85. The molecule has 0 saturated heterocycles. The van der Waals surface area contributed by atoms with Gasteiger partial charge in [-0.3, -0.25) is 14.9 Å². The number of non-ortho nitro benzene ring substituents is 1. The van der Waals surface area contributed by atoms with Gasteiger partial charge in [-0.25, -0.2) is 18.3 Å². The van der Waals surface area contributed by atoms with E-state index in [4.69, 9.17) is 4.74 Å². The molecule has 3 aromatic rings. The first-order chi connectivity index (χ1) is 15.7. The van der Waals surface area contributed by atoms with E-state index in [1.807, 2.05) is 0 Å². The smallest absolute Gasteiger partial charge is 0.459 e. The van der Waals surface area contributed by atoms with Crippen molar-refractivity contribution in [1.29, 1.82) is 0 Å². The number of carbonyl (C=O) groups excluding carboxylic acids is 1. The van der Waals surface area contributed by atoms with Gasteiger partial charge in [0.05, 0.1) is 16.7 Å². The molecule has 0 saturated carbocycles. The van der Waals surface area contributed by atoms with E-state index in [1.54, 1.807) is 0 Å². The largest absolute Gasteiger partial charge is 0.487 e. The quantitative estimate of drug-likeness (QED) is 0.294. The Balaban J connectivity index is 1.98. The molecule has 0 aliphatic rings. The third kappa shape index (κ3) is 4.99. The number of aromatic nitrogens is 3. The molecule has 1 aromatic carbocycles. The van der Waals surface area contributed by atoms with Crippen molar-refractivity contribution in [3.63, 3.8) is 0 Å². The summed E-state index contributed by atoms with van der Waals surface area (Å²) in [7, 11) is 0. The molecule has 0 radical (unpaired) electrons. The highest BCUT2D eigenvalue weighted by atomic mass is 19.4. The maximum absolute atomic E-state index is 14.0. The van der Waals surface area contributed by atoms with Gasteiger partial charge in [0.2, 0.25) is 0 Å². The number of nitro benzene ring substituents is 1. The summed E-state index contributed by atoms with van der Waals surface area (Å²) in [4.78, 5) is 26.5. The van der Waals surface area contributed by atoms with Crippen molar-refractivity contribution < 1.29 is 45.2 Å². The molecule has 1 amide bonds. The number of fused-ring (bicyclic) bond motifs is 1. The zero-order valence-electron chi connectivity index (χ0n) is 16.7. The van der Waals surface area contributed by atoms with Gasteiger partial charge in [0, 0.05) is 23.9 Å². The van der Waals surface area contributed by atoms with Crippen molar-refractivity contribution in [3.05, 3.63) is 57.5 Å². The molecule has 0 aliphatic carbocycles. The third-order valence-electron chi connectivity index (χ3n) is 4.20. The first-order valence-corrected chi connectivity index (χ1v) is 9.03. The molecule has 2 heterocycles. The molecular formula is C18H12F7N5O4. The molecule has 0 unspecified atom stereocenters. The molecule has 0 aliphatic heterocycles. The van der Waals surface area contributed by atoms with E-state index < -0.39 is 58.7 Å². The average molecular weight is 495 g/mol. The molecule has 0 bridgehead atoms. The van der Waals surface area contributed by atoms with E-state index in [0.717, 1.165) is 31.2 Å². The van der Waals surface area contributed by atoms with Gasteiger partial charge in [0.15, 0.2) is 11.3 Å². The fourth-order valence-electron chi connectivity index (χ4n) is 2.78. The molecule has 9 nitrogen and oxygen atoms in total. The van der Waals surface area contributed by atoms with Crippen LogP contribution in [0.4, 0.5) is 42.1 Å². The topological polar surface area (TPSA) is 112 Å². The van der Waals surface area contributed by atoms with Gasteiger partial charge < -0.3 is 10.1 Å². The van der Waals surface area contributed by atoms with Gasteiger partial charge in [-0.05, 0) is 13.0 Å². The molecule has 16 heteroatoms. The monoisotopic (exact) mass is 495 g/mol. The predicted molar refractivity (Wildman–Crippen MR) is 100 cm³/mol. The van der Waals surface area contributed by atoms with Gasteiger partial charge in [0.25, 0.3) is 18.0 Å². The van der Waals surface area contributed by atoms with E-state index in [-0.39, 0.29) is 21.6 Å². The van der Waals surface area contributed by atoms with E-state index in [2.05, 4.69) is 15.4 Å². The number of ether oxygens (including phenoxy) is 1. The van der Waals surface area contributed by atoms with Crippen LogP contribution >= 0.6 is 0 Å². The number of carbonyl (C=O) groups is 1. The highest BCUT2D eigenvalue weighted by molar-refractivity contribution is 6.03. The van der Waals surface area contributed by atoms with Crippen LogP contribution in [0, 0.1) is 17.0 Å². The van der Waals surface area contributed by atoms with Gasteiger partial charge >= 0.3 is 12.1 Å². The number of benzene rings is 1. The summed E-state index contributed by atoms with van der Waals surface area (Å²) in [5, 5.41) is 16.7. The molecular weight excluding hydrogens is 483 g/mol. The lowest BCUT2D eigenvalue weighted by atomic mass is 10.2. The molecule has 182 valence electrons. The van der Waals surface area contributed by atoms with Gasteiger partial charge in [-0.2, -0.15) is 27.1 Å². The Hall–Kier alpha value is -3.98. The number of nitro groups is 1. The van der Waals surface area contributed by atoms with Crippen LogP contribution in [-0.4, -0.2) is 44.6 Å². The summed E-state index contributed by atoms with van der Waals surface area (Å²) in [6, 6.07) is 3.91. The lowest BCUT2D eigenvalue weighted by Crippen LogP contribution is -2.36. The van der Waals surface area contributed by atoms with E-state index in [9.17, 15) is 45.6 Å². The number of halogens is 7. The lowest BCUT2D eigenvalue weighted by Gasteiger charge is -2.20. The van der Waals surface area contributed by atoms with Crippen LogP contribution < -0.4 is 10.1 Å². The number of aryl methyl sites for hydroxylation is 1. The normalized spacial score (nSPS) is 12.3. The zero-order chi connectivity index (χ0) is 25.4. The maximum atomic E-state index is 14.0. The number of nitrogens with one attached hydrogen (secondary N) is 1. The number of anilines is 1. The zero-order valence-corrected chi connectivity index (χ0v) is 16.7. The fourth-order valence-corrected chi connectivity index (χ4v) is 2.78. The number of rotatable bonds is 7. The third-order valence-corrected chi connectivity index (χ3v) is 4.20. The van der Waals surface area contributed by atoms with Crippen LogP contribution in [0.15, 0.2) is 30.3 Å². The predicted octanol–water partition coefficient (Wildman–Crippen LogP) is 4.50. The lowest BCUT2D eigenvalue weighted by molar-refractivity contribution is -0.384. The van der Waals surface area contributed by atoms with E-state index in [1.165, 1.54) is 0 Å². The Morgan fingerprint density at radius 1 is 1.18 bits per heavy atom. The van der Waals surface area contributed by atoms with Crippen molar-refractivity contribution in [2.45, 2.75) is 25.4 Å². The first kappa shape index (κ1) is 24.7. The summed E-state index contributed by atoms with van der Waals surface area (Å²) in [5.74, 6) is -6.87. The van der Waals surface area contributed by atoms with E-state index >= 15 is 0 Å². The van der Waals surface area contributed by atoms with Crippen molar-refractivity contribution in [1.82, 2.24) is 14.6 Å². The van der Waals surface area contributed by atoms with Crippen molar-refractivity contribution in [3.8, 4) is 5.75 Å². The first-order valence-electron chi connectivity index (χ1n) is 9.03. The summed E-state index contributed by atoms with van der Waals surface area (Å²) < 4.78 is 96.2. The van der Waals surface area contributed by atoms with Crippen LogP contribution in [0.2, 0.25) is 0 Å². The molecule has 0 atom stereocenters. The molecule has 3 rings (SSSR count). The SMILES string of the molecule is Cc1cc(C(F)(F)C(F)(F)F)n2nc(C(=O)Nc3cc(OCC(F)F)cc([N+](=O)[O-])c3)cc2n1. The Labute approximate surface area is 184 Å². The number of alkyl halides is 7. The standard InChI is InChI=1S/C18H12F7N5O4/c1-8-2-13(17(21,22)18(23,24)25)29-15(26-8)6-12(28-29)16(31)27-9-3-10(30(32)33)5-11(4-9)34-7-14(19)20/h2-6,14H,7H2,1H3,(H,27,31). The Kier molecular flexibility index (Phi) is 6.35. The second-order valence-corrected chi connectivity index (χ2v) is 6.78. The molecule has 2 aromatic heterocycles. The van der Waals surface area contributed by atoms with Gasteiger partial charge in [-0.1, -0.05) is 0 Å². The minimum Gasteiger partial charge on any atom is -0.487 e. The highest BCUT2D eigenvalue weighted by Crippen LogP contribution is 2.43. The van der Waals surface area contributed by atoms with Gasteiger partial charge in [0.1, 0.15) is 18.1 Å². The van der Waals surface area contributed by atoms with Crippen LogP contribution in [0.25, 0.3) is 5.65 Å². The maximum Gasteiger partial charge on any atom is 0.459 e. The summed E-state index contributed by atoms with van der Waals surface area (Å²) in [6.45, 7) is 0.0644. The Bertz CT molecular complexity index is 1260. The summed E-state index contributed by atoms with van der Waals surface area (Å²) in [5.41, 5.74) is -3.90. The number of hydrogen-bond acceptors (Lipinski definition) is 6. The average Bonchev–Trinajstić information content (AvgIpc) is 3.14. The molecule has 34 heavy (non-hydrogen) atoms. The van der Waals surface area contributed by atoms with E-state index in [0.29, 0.717) is 6.07 Å². The van der Waals surface area contributed by atoms with Gasteiger partial charge in [-0.15, -0.1) is 0 Å².